The molecule has 0 bridgehead atoms. The molecule has 22 heavy (non-hydrogen) atoms. The molecule has 0 spiro atoms. The van der Waals surface area contributed by atoms with Crippen molar-refractivity contribution < 1.29 is 20.1 Å². The first-order valence-corrected chi connectivity index (χ1v) is 7.19. The molecule has 0 aliphatic carbocycles. The number of rotatable bonds is 3. The van der Waals surface area contributed by atoms with Gasteiger partial charge in [-0.2, -0.15) is 0 Å². The molecule has 3 rings (SSSR count). The summed E-state index contributed by atoms with van der Waals surface area (Å²) in [5.41, 5.74) is 4.72. The molecule has 0 amide bonds. The molecule has 8 heteroatoms. The Labute approximate surface area is 127 Å². The van der Waals surface area contributed by atoms with Gasteiger partial charge < -0.3 is 30.4 Å². The Morgan fingerprint density at radius 1 is 1.50 bits per heavy atom. The largest absolute Gasteiger partial charge is 0.390 e. The van der Waals surface area contributed by atoms with Crippen LogP contribution in [-0.2, 0) is 4.74 Å². The molecule has 1 fully saturated rings. The van der Waals surface area contributed by atoms with Crippen molar-refractivity contribution in [2.75, 3.05) is 5.73 Å². The van der Waals surface area contributed by atoms with Gasteiger partial charge in [0.15, 0.2) is 6.23 Å². The quantitative estimate of drug-likeness (QED) is 0.618. The van der Waals surface area contributed by atoms with Crippen molar-refractivity contribution in [1.82, 2.24) is 14.5 Å². The SMILES string of the molecule is CC[C@@H](O)[C@H]1O[C@@H](n2ccc3c(N)ncnc32)[C@](C)(O)[C@@H]1O. The Hall–Kier alpha value is -1.74. The molecule has 5 N–H and O–H groups in total. The Kier molecular flexibility index (Phi) is 3.56. The number of aliphatic hydroxyl groups excluding tert-OH is 2. The van der Waals surface area contributed by atoms with Gasteiger partial charge >= 0.3 is 0 Å². The van der Waals surface area contributed by atoms with Crippen LogP contribution in [0, 0.1) is 0 Å². The van der Waals surface area contributed by atoms with Crippen LogP contribution in [-0.4, -0.2) is 53.8 Å². The summed E-state index contributed by atoms with van der Waals surface area (Å²) in [5, 5.41) is 31.6. The molecular formula is C14H20N4O4. The summed E-state index contributed by atoms with van der Waals surface area (Å²) in [6.45, 7) is 3.25. The van der Waals surface area contributed by atoms with Crippen molar-refractivity contribution in [2.45, 2.75) is 50.4 Å². The summed E-state index contributed by atoms with van der Waals surface area (Å²) in [7, 11) is 0. The van der Waals surface area contributed by atoms with Crippen LogP contribution in [0.5, 0.6) is 0 Å². The van der Waals surface area contributed by atoms with Crippen molar-refractivity contribution >= 4 is 16.9 Å². The summed E-state index contributed by atoms with van der Waals surface area (Å²) in [5.74, 6) is 0.326. The third-order valence-corrected chi connectivity index (χ3v) is 4.29. The van der Waals surface area contributed by atoms with Gasteiger partial charge in [-0.3, -0.25) is 0 Å². The molecule has 1 saturated heterocycles. The highest BCUT2D eigenvalue weighted by Gasteiger charge is 2.55. The minimum atomic E-state index is -1.58. The molecule has 0 aromatic carbocycles. The molecule has 2 aromatic heterocycles. The maximum atomic E-state index is 10.7. The molecule has 120 valence electrons. The topological polar surface area (TPSA) is 127 Å². The third kappa shape index (κ3) is 2.07. The van der Waals surface area contributed by atoms with Gasteiger partial charge in [0.1, 0.15) is 35.6 Å². The van der Waals surface area contributed by atoms with Gasteiger partial charge in [-0.1, -0.05) is 6.92 Å². The Morgan fingerprint density at radius 2 is 2.23 bits per heavy atom. The van der Waals surface area contributed by atoms with E-state index in [4.69, 9.17) is 10.5 Å². The van der Waals surface area contributed by atoms with Crippen molar-refractivity contribution in [2.24, 2.45) is 0 Å². The number of anilines is 1. The second-order valence-electron chi connectivity index (χ2n) is 5.82. The van der Waals surface area contributed by atoms with E-state index < -0.39 is 30.1 Å². The number of hydrogen-bond acceptors (Lipinski definition) is 7. The molecule has 0 radical (unpaired) electrons. The van der Waals surface area contributed by atoms with E-state index in [0.29, 0.717) is 23.3 Å². The first-order chi connectivity index (χ1) is 10.4. The van der Waals surface area contributed by atoms with Crippen molar-refractivity contribution in [1.29, 1.82) is 0 Å². The van der Waals surface area contributed by atoms with Crippen molar-refractivity contribution in [3.05, 3.63) is 18.6 Å². The number of ether oxygens (including phenoxy) is 1. The van der Waals surface area contributed by atoms with Crippen LogP contribution >= 0.6 is 0 Å². The first-order valence-electron chi connectivity index (χ1n) is 7.19. The van der Waals surface area contributed by atoms with Crippen LogP contribution in [0.25, 0.3) is 11.0 Å². The number of hydrogen-bond donors (Lipinski definition) is 4. The predicted molar refractivity (Wildman–Crippen MR) is 78.8 cm³/mol. The molecule has 0 saturated carbocycles. The lowest BCUT2D eigenvalue weighted by molar-refractivity contribution is -0.100. The number of nitrogens with two attached hydrogens (primary N) is 1. The maximum absolute atomic E-state index is 10.7. The summed E-state index contributed by atoms with van der Waals surface area (Å²) in [6, 6.07) is 1.72. The Balaban J connectivity index is 2.05. The van der Waals surface area contributed by atoms with Crippen LogP contribution in [0.15, 0.2) is 18.6 Å². The predicted octanol–water partition coefficient (Wildman–Crippen LogP) is -0.206. The number of aliphatic hydroxyl groups is 3. The van der Waals surface area contributed by atoms with Gasteiger partial charge in [-0.25, -0.2) is 9.97 Å². The van der Waals surface area contributed by atoms with E-state index in [2.05, 4.69) is 9.97 Å². The summed E-state index contributed by atoms with van der Waals surface area (Å²) >= 11 is 0. The van der Waals surface area contributed by atoms with Crippen molar-refractivity contribution in [3.63, 3.8) is 0 Å². The summed E-state index contributed by atoms with van der Waals surface area (Å²) < 4.78 is 7.34. The minimum Gasteiger partial charge on any atom is -0.390 e. The average molecular weight is 308 g/mol. The fourth-order valence-electron chi connectivity index (χ4n) is 2.90. The number of nitrogens with zero attached hydrogens (tertiary/aromatic N) is 3. The zero-order valence-corrected chi connectivity index (χ0v) is 12.4. The van der Waals surface area contributed by atoms with E-state index in [1.807, 2.05) is 0 Å². The zero-order chi connectivity index (χ0) is 16.1. The normalized spacial score (nSPS) is 33.4. The highest BCUT2D eigenvalue weighted by molar-refractivity contribution is 5.86. The molecule has 0 unspecified atom stereocenters. The average Bonchev–Trinajstić information content (AvgIpc) is 3.00. The highest BCUT2D eigenvalue weighted by atomic mass is 16.6. The van der Waals surface area contributed by atoms with Crippen molar-refractivity contribution in [3.8, 4) is 0 Å². The molecule has 1 aliphatic rings. The van der Waals surface area contributed by atoms with E-state index in [0.717, 1.165) is 0 Å². The van der Waals surface area contributed by atoms with Crippen LogP contribution in [0.2, 0.25) is 0 Å². The van der Waals surface area contributed by atoms with Crippen LogP contribution in [0.4, 0.5) is 5.82 Å². The van der Waals surface area contributed by atoms with Crippen LogP contribution < -0.4 is 5.73 Å². The third-order valence-electron chi connectivity index (χ3n) is 4.29. The minimum absolute atomic E-state index is 0.326. The standard InChI is InChI=1S/C14H20N4O4/c1-3-8(19)9-10(20)14(2,21)13(22-9)18-5-4-7-11(15)16-6-17-12(7)18/h4-6,8-10,13,19-21H,3H2,1-2H3,(H2,15,16,17)/t8-,9-,10-,13-,14-/m1/s1. The van der Waals surface area contributed by atoms with E-state index in [9.17, 15) is 15.3 Å². The lowest BCUT2D eigenvalue weighted by atomic mass is 9.93. The fraction of sp³-hybridized carbons (Fsp3) is 0.571. The van der Waals surface area contributed by atoms with E-state index >= 15 is 0 Å². The fourth-order valence-corrected chi connectivity index (χ4v) is 2.90. The number of fused-ring (bicyclic) bond motifs is 1. The lowest BCUT2D eigenvalue weighted by Gasteiger charge is -2.27. The molecule has 2 aromatic rings. The smallest absolute Gasteiger partial charge is 0.167 e. The maximum Gasteiger partial charge on any atom is 0.167 e. The monoisotopic (exact) mass is 308 g/mol. The van der Waals surface area contributed by atoms with E-state index in [1.54, 1.807) is 23.8 Å². The van der Waals surface area contributed by atoms with Gasteiger partial charge in [0.2, 0.25) is 0 Å². The second kappa shape index (κ2) is 5.17. The number of nitrogen functional groups attached to an aromatic ring is 1. The van der Waals surface area contributed by atoms with Gasteiger partial charge in [0, 0.05) is 6.20 Å². The summed E-state index contributed by atoms with van der Waals surface area (Å²) in [6.07, 6.45) is -0.444. The first kappa shape index (κ1) is 15.2. The van der Waals surface area contributed by atoms with E-state index in [1.165, 1.54) is 13.3 Å². The summed E-state index contributed by atoms with van der Waals surface area (Å²) in [4.78, 5) is 8.08. The Bertz CT molecular complexity index is 687. The Morgan fingerprint density at radius 3 is 2.91 bits per heavy atom. The van der Waals surface area contributed by atoms with Gasteiger partial charge in [-0.05, 0) is 19.4 Å². The molecular weight excluding hydrogens is 288 g/mol. The van der Waals surface area contributed by atoms with Crippen LogP contribution in [0.3, 0.4) is 0 Å². The molecule has 3 heterocycles. The zero-order valence-electron chi connectivity index (χ0n) is 12.4. The van der Waals surface area contributed by atoms with Gasteiger partial charge in [0.25, 0.3) is 0 Å². The molecule has 1 aliphatic heterocycles. The van der Waals surface area contributed by atoms with Crippen LogP contribution in [0.1, 0.15) is 26.5 Å². The molecule has 5 atom stereocenters. The second-order valence-corrected chi connectivity index (χ2v) is 5.82. The molecule has 8 nitrogen and oxygen atoms in total. The van der Waals surface area contributed by atoms with Gasteiger partial charge in [0.05, 0.1) is 11.5 Å². The lowest BCUT2D eigenvalue weighted by Crippen LogP contribution is -2.46. The van der Waals surface area contributed by atoms with E-state index in [-0.39, 0.29) is 0 Å². The highest BCUT2D eigenvalue weighted by Crippen LogP contribution is 2.41. The number of aromatic nitrogens is 3. The van der Waals surface area contributed by atoms with Gasteiger partial charge in [-0.15, -0.1) is 0 Å².